The van der Waals surface area contributed by atoms with Crippen LogP contribution in [0, 0.1) is 0 Å². The number of anilines is 2. The van der Waals surface area contributed by atoms with Crippen molar-refractivity contribution in [1.82, 2.24) is 0 Å². The van der Waals surface area contributed by atoms with Crippen LogP contribution in [0.15, 0.2) is 48.5 Å². The molecule has 6 nitrogen and oxygen atoms in total. The molecule has 0 spiro atoms. The van der Waals surface area contributed by atoms with Crippen LogP contribution in [-0.2, 0) is 16.0 Å². The number of halogens is 3. The van der Waals surface area contributed by atoms with Crippen LogP contribution in [0.4, 0.5) is 29.3 Å². The molecule has 2 amide bonds. The summed E-state index contributed by atoms with van der Waals surface area (Å²) in [4.78, 5) is 32.8. The van der Waals surface area contributed by atoms with Gasteiger partial charge in [0.15, 0.2) is 0 Å². The number of benzene rings is 2. The minimum atomic E-state index is -5.03. The van der Waals surface area contributed by atoms with Crippen LogP contribution in [0.3, 0.4) is 0 Å². The van der Waals surface area contributed by atoms with E-state index in [4.69, 9.17) is 5.11 Å². The van der Waals surface area contributed by atoms with Crippen molar-refractivity contribution in [2.75, 3.05) is 10.6 Å². The summed E-state index contributed by atoms with van der Waals surface area (Å²) in [6, 6.07) is 13.2. The number of hydrogen-bond acceptors (Lipinski definition) is 3. The summed E-state index contributed by atoms with van der Waals surface area (Å²) in [6.07, 6.45) is -6.91. The van der Waals surface area contributed by atoms with Crippen molar-refractivity contribution in [3.05, 3.63) is 59.7 Å². The smallest absolute Gasteiger partial charge is 0.450 e. The van der Waals surface area contributed by atoms with Crippen molar-refractivity contribution in [2.45, 2.75) is 19.0 Å². The normalized spacial score (nSPS) is 10.9. The minimum Gasteiger partial charge on any atom is -0.465 e. The molecule has 9 heteroatoms. The molecule has 0 unspecified atom stereocenters. The molecule has 0 radical (unpaired) electrons. The summed E-state index contributed by atoms with van der Waals surface area (Å²) in [7, 11) is 0. The molecular weight excluding hydrogens is 365 g/mol. The molecule has 0 saturated carbocycles. The zero-order valence-electron chi connectivity index (χ0n) is 13.8. The topological polar surface area (TPSA) is 95.5 Å². The number of rotatable bonds is 6. The Morgan fingerprint density at radius 2 is 1.26 bits per heavy atom. The lowest BCUT2D eigenvalue weighted by molar-refractivity contribution is -0.171. The van der Waals surface area contributed by atoms with E-state index in [1.54, 1.807) is 36.4 Å². The van der Waals surface area contributed by atoms with Crippen molar-refractivity contribution in [2.24, 2.45) is 0 Å². The predicted molar refractivity (Wildman–Crippen MR) is 91.6 cm³/mol. The van der Waals surface area contributed by atoms with Gasteiger partial charge in [0, 0.05) is 11.4 Å². The van der Waals surface area contributed by atoms with Crippen LogP contribution < -0.4 is 10.6 Å². The minimum absolute atomic E-state index is 0.278. The van der Waals surface area contributed by atoms with Gasteiger partial charge in [-0.2, -0.15) is 13.2 Å². The highest BCUT2D eigenvalue weighted by atomic mass is 19.4. The number of hydrogen-bond donors (Lipinski definition) is 3. The first kappa shape index (κ1) is 20.0. The van der Waals surface area contributed by atoms with Gasteiger partial charge >= 0.3 is 12.3 Å². The molecule has 0 heterocycles. The molecule has 0 bridgehead atoms. The molecule has 0 fully saturated rings. The van der Waals surface area contributed by atoms with Crippen molar-refractivity contribution < 1.29 is 32.7 Å². The molecular formula is C18H15F3N2O4. The number of carboxylic acid groups (broad SMARTS) is 1. The van der Waals surface area contributed by atoms with Crippen molar-refractivity contribution in [1.29, 1.82) is 0 Å². The van der Waals surface area contributed by atoms with Crippen LogP contribution >= 0.6 is 0 Å². The van der Waals surface area contributed by atoms with E-state index in [1.807, 2.05) is 0 Å². The average molecular weight is 380 g/mol. The zero-order chi connectivity index (χ0) is 20.0. The molecule has 27 heavy (non-hydrogen) atoms. The summed E-state index contributed by atoms with van der Waals surface area (Å²) in [6.45, 7) is 0. The Morgan fingerprint density at radius 1 is 0.815 bits per heavy atom. The lowest BCUT2D eigenvalue weighted by Gasteiger charge is -2.08. The van der Waals surface area contributed by atoms with E-state index in [-0.39, 0.29) is 5.69 Å². The first-order valence-electron chi connectivity index (χ1n) is 7.71. The predicted octanol–water partition coefficient (Wildman–Crippen LogP) is 3.83. The molecule has 2 rings (SSSR count). The first-order chi connectivity index (χ1) is 12.6. The molecule has 0 aromatic heterocycles. The fourth-order valence-corrected chi connectivity index (χ4v) is 2.22. The van der Waals surface area contributed by atoms with E-state index in [0.717, 1.165) is 11.1 Å². The maximum atomic E-state index is 12.1. The van der Waals surface area contributed by atoms with E-state index in [2.05, 4.69) is 10.6 Å². The van der Waals surface area contributed by atoms with Crippen molar-refractivity contribution in [3.63, 3.8) is 0 Å². The van der Waals surface area contributed by atoms with Crippen LogP contribution in [0.2, 0.25) is 0 Å². The molecule has 3 N–H and O–H groups in total. The summed E-state index contributed by atoms with van der Waals surface area (Å²) in [5.74, 6) is -3.14. The van der Waals surface area contributed by atoms with Gasteiger partial charge in [0.05, 0.1) is 6.42 Å². The number of carbonyl (C=O) groups excluding carboxylic acids is 2. The third-order valence-corrected chi connectivity index (χ3v) is 3.49. The Kier molecular flexibility index (Phi) is 6.17. The van der Waals surface area contributed by atoms with Gasteiger partial charge in [0.1, 0.15) is 0 Å². The largest absolute Gasteiger partial charge is 0.465 e. The monoisotopic (exact) mass is 380 g/mol. The number of amides is 2. The van der Waals surface area contributed by atoms with E-state index in [1.165, 1.54) is 12.1 Å². The lowest BCUT2D eigenvalue weighted by atomic mass is 10.0. The second kappa shape index (κ2) is 8.35. The molecule has 2 aromatic rings. The maximum absolute atomic E-state index is 12.1. The molecule has 142 valence electrons. The van der Waals surface area contributed by atoms with Gasteiger partial charge in [-0.3, -0.25) is 14.9 Å². The standard InChI is InChI=1S/C18H15F3N2O4/c19-18(20,21)15(24)10-16(25)22-13-5-1-11(2-6-13)9-12-3-7-14(8-4-12)23-17(26)27/h1-8,23H,9-10H2,(H,22,25)(H,26,27). The van der Waals surface area contributed by atoms with E-state index in [9.17, 15) is 27.6 Å². The highest BCUT2D eigenvalue weighted by Gasteiger charge is 2.39. The van der Waals surface area contributed by atoms with Gasteiger partial charge in [0.2, 0.25) is 11.7 Å². The van der Waals surface area contributed by atoms with Gasteiger partial charge in [-0.05, 0) is 41.8 Å². The number of nitrogens with one attached hydrogen (secondary N) is 2. The van der Waals surface area contributed by atoms with E-state index in [0.29, 0.717) is 12.1 Å². The SMILES string of the molecule is O=C(O)Nc1ccc(Cc2ccc(NC(=O)CC(=O)C(F)(F)F)cc2)cc1. The van der Waals surface area contributed by atoms with Gasteiger partial charge in [-0.25, -0.2) is 4.79 Å². The van der Waals surface area contributed by atoms with Crippen LogP contribution in [-0.4, -0.2) is 29.1 Å². The maximum Gasteiger partial charge on any atom is 0.450 e. The number of alkyl halides is 3. The van der Waals surface area contributed by atoms with Gasteiger partial charge in [0.25, 0.3) is 0 Å². The van der Waals surface area contributed by atoms with Gasteiger partial charge in [-0.1, -0.05) is 24.3 Å². The Morgan fingerprint density at radius 3 is 1.67 bits per heavy atom. The Bertz CT molecular complexity index is 831. The van der Waals surface area contributed by atoms with Gasteiger partial charge < -0.3 is 10.4 Å². The Labute approximate surface area is 152 Å². The summed E-state index contributed by atoms with van der Waals surface area (Å²) in [5.41, 5.74) is 2.51. The highest BCUT2D eigenvalue weighted by Crippen LogP contribution is 2.19. The molecule has 0 aliphatic carbocycles. The lowest BCUT2D eigenvalue weighted by Crippen LogP contribution is -2.27. The van der Waals surface area contributed by atoms with Crippen LogP contribution in [0.5, 0.6) is 0 Å². The molecule has 0 aliphatic rings. The summed E-state index contributed by atoms with van der Waals surface area (Å²) in [5, 5.41) is 13.1. The fourth-order valence-electron chi connectivity index (χ4n) is 2.22. The summed E-state index contributed by atoms with van der Waals surface area (Å²) >= 11 is 0. The second-order valence-corrected chi connectivity index (χ2v) is 5.65. The Hall–Kier alpha value is -3.36. The fraction of sp³-hybridized carbons (Fsp3) is 0.167. The van der Waals surface area contributed by atoms with Crippen LogP contribution in [0.25, 0.3) is 0 Å². The van der Waals surface area contributed by atoms with E-state index >= 15 is 0 Å². The Balaban J connectivity index is 1.92. The molecule has 0 aliphatic heterocycles. The average Bonchev–Trinajstić information content (AvgIpc) is 2.57. The number of ketones is 1. The van der Waals surface area contributed by atoms with Crippen molar-refractivity contribution in [3.8, 4) is 0 Å². The number of carbonyl (C=O) groups is 3. The first-order valence-corrected chi connectivity index (χ1v) is 7.71. The highest BCUT2D eigenvalue weighted by molar-refractivity contribution is 6.06. The van der Waals surface area contributed by atoms with E-state index < -0.39 is 30.4 Å². The number of Topliss-reactive ketones (excluding diaryl/α,β-unsaturated/α-hetero) is 1. The zero-order valence-corrected chi connectivity index (χ0v) is 13.8. The second-order valence-electron chi connectivity index (χ2n) is 5.65. The molecule has 0 atom stereocenters. The molecule has 0 saturated heterocycles. The summed E-state index contributed by atoms with van der Waals surface area (Å²) < 4.78 is 36.4. The molecule has 2 aromatic carbocycles. The van der Waals surface area contributed by atoms with Gasteiger partial charge in [-0.15, -0.1) is 0 Å². The van der Waals surface area contributed by atoms with Crippen LogP contribution in [0.1, 0.15) is 17.5 Å². The third kappa shape index (κ3) is 6.46. The third-order valence-electron chi connectivity index (χ3n) is 3.49. The quantitative estimate of drug-likeness (QED) is 0.664. The van der Waals surface area contributed by atoms with Crippen molar-refractivity contribution >= 4 is 29.2 Å².